The number of phenolic OH excluding ortho intramolecular Hbond substituents is 1. The highest BCUT2D eigenvalue weighted by atomic mass is 16.5. The minimum absolute atomic E-state index is 0.107. The Kier molecular flexibility index (Phi) is 5.00. The van der Waals surface area contributed by atoms with Gasteiger partial charge in [0.25, 0.3) is 11.8 Å². The quantitative estimate of drug-likeness (QED) is 0.636. The maximum atomic E-state index is 12.4. The number of methoxy groups -OCH3 is 1. The molecule has 1 aromatic carbocycles. The van der Waals surface area contributed by atoms with E-state index < -0.39 is 17.8 Å². The van der Waals surface area contributed by atoms with E-state index in [4.69, 9.17) is 4.74 Å². The lowest BCUT2D eigenvalue weighted by atomic mass is 10.1. The van der Waals surface area contributed by atoms with Crippen molar-refractivity contribution in [3.63, 3.8) is 0 Å². The second kappa shape index (κ2) is 6.95. The molecule has 2 N–H and O–H groups in total. The van der Waals surface area contributed by atoms with Crippen molar-refractivity contribution in [2.24, 2.45) is 0 Å². The highest BCUT2D eigenvalue weighted by Gasteiger charge is 2.35. The summed E-state index contributed by atoms with van der Waals surface area (Å²) in [7, 11) is 1.42. The van der Waals surface area contributed by atoms with Gasteiger partial charge in [-0.3, -0.25) is 19.8 Å². The summed E-state index contributed by atoms with van der Waals surface area (Å²) in [5.41, 5.74) is 0.303. The van der Waals surface area contributed by atoms with Gasteiger partial charge in [0.2, 0.25) is 0 Å². The van der Waals surface area contributed by atoms with Crippen molar-refractivity contribution in [2.75, 3.05) is 13.7 Å². The number of imide groups is 2. The number of carbonyl (C=O) groups is 3. The zero-order valence-corrected chi connectivity index (χ0v) is 13.0. The monoisotopic (exact) mass is 318 g/mol. The Hall–Kier alpha value is -2.83. The van der Waals surface area contributed by atoms with Gasteiger partial charge < -0.3 is 9.84 Å². The standard InChI is InChI=1S/C16H18N2O5/c1-3-4-7-18-15(21)11(14(20)17-16(18)22)8-10-5-6-13(23-2)12(19)9-10/h5-6,8-9,19H,3-4,7H2,1-2H3,(H,17,20,22)/b11-8-. The minimum atomic E-state index is -0.747. The van der Waals surface area contributed by atoms with Gasteiger partial charge in [-0.1, -0.05) is 19.4 Å². The number of benzene rings is 1. The van der Waals surface area contributed by atoms with Gasteiger partial charge in [0.1, 0.15) is 5.57 Å². The molecule has 122 valence electrons. The first-order valence-electron chi connectivity index (χ1n) is 7.23. The number of phenols is 1. The Morgan fingerprint density at radius 3 is 2.65 bits per heavy atom. The van der Waals surface area contributed by atoms with Crippen LogP contribution in [0, 0.1) is 0 Å². The molecule has 0 aromatic heterocycles. The summed E-state index contributed by atoms with van der Waals surface area (Å²) in [6.07, 6.45) is 2.81. The van der Waals surface area contributed by atoms with Crippen LogP contribution in [-0.4, -0.2) is 41.5 Å². The fourth-order valence-corrected chi connectivity index (χ4v) is 2.18. The van der Waals surface area contributed by atoms with Crippen molar-refractivity contribution in [3.8, 4) is 11.5 Å². The molecule has 23 heavy (non-hydrogen) atoms. The SMILES string of the molecule is CCCCN1C(=O)NC(=O)/C(=C/c2ccc(OC)c(O)c2)C1=O. The van der Waals surface area contributed by atoms with Crippen LogP contribution in [-0.2, 0) is 9.59 Å². The molecular formula is C16H18N2O5. The van der Waals surface area contributed by atoms with E-state index >= 15 is 0 Å². The Bertz CT molecular complexity index is 681. The molecule has 7 nitrogen and oxygen atoms in total. The van der Waals surface area contributed by atoms with E-state index in [9.17, 15) is 19.5 Å². The number of barbiturate groups is 1. The third kappa shape index (κ3) is 3.50. The molecule has 1 aliphatic rings. The van der Waals surface area contributed by atoms with Crippen LogP contribution in [0.4, 0.5) is 4.79 Å². The summed E-state index contributed by atoms with van der Waals surface area (Å²) in [6.45, 7) is 2.19. The second-order valence-electron chi connectivity index (χ2n) is 5.06. The van der Waals surface area contributed by atoms with Gasteiger partial charge in [-0.15, -0.1) is 0 Å². The third-order valence-corrected chi connectivity index (χ3v) is 3.43. The third-order valence-electron chi connectivity index (χ3n) is 3.43. The fourth-order valence-electron chi connectivity index (χ4n) is 2.18. The molecule has 4 amide bonds. The number of hydrogen-bond donors (Lipinski definition) is 2. The molecule has 1 heterocycles. The van der Waals surface area contributed by atoms with Crippen LogP contribution in [0.1, 0.15) is 25.3 Å². The summed E-state index contributed by atoms with van der Waals surface area (Å²) in [4.78, 5) is 37.0. The van der Waals surface area contributed by atoms with Crippen LogP contribution in [0.15, 0.2) is 23.8 Å². The molecule has 1 aliphatic heterocycles. The predicted molar refractivity (Wildman–Crippen MR) is 82.8 cm³/mol. The van der Waals surface area contributed by atoms with Gasteiger partial charge in [0, 0.05) is 6.54 Å². The van der Waals surface area contributed by atoms with Crippen molar-refractivity contribution < 1.29 is 24.2 Å². The van der Waals surface area contributed by atoms with E-state index in [0.717, 1.165) is 11.3 Å². The lowest BCUT2D eigenvalue weighted by Crippen LogP contribution is -2.54. The molecule has 0 atom stereocenters. The van der Waals surface area contributed by atoms with Gasteiger partial charge >= 0.3 is 6.03 Å². The highest BCUT2D eigenvalue weighted by molar-refractivity contribution is 6.31. The molecule has 0 saturated carbocycles. The topological polar surface area (TPSA) is 95.9 Å². The van der Waals surface area contributed by atoms with E-state index in [2.05, 4.69) is 5.32 Å². The Balaban J connectivity index is 2.32. The van der Waals surface area contributed by atoms with Crippen molar-refractivity contribution in [2.45, 2.75) is 19.8 Å². The maximum Gasteiger partial charge on any atom is 0.331 e. The van der Waals surface area contributed by atoms with Crippen LogP contribution in [0.5, 0.6) is 11.5 Å². The number of carbonyl (C=O) groups excluding carboxylic acids is 3. The normalized spacial score (nSPS) is 16.7. The number of hydrogen-bond acceptors (Lipinski definition) is 5. The fraction of sp³-hybridized carbons (Fsp3) is 0.312. The predicted octanol–water partition coefficient (Wildman–Crippen LogP) is 1.66. The van der Waals surface area contributed by atoms with E-state index in [1.807, 2.05) is 6.92 Å². The summed E-state index contributed by atoms with van der Waals surface area (Å²) >= 11 is 0. The second-order valence-corrected chi connectivity index (χ2v) is 5.06. The van der Waals surface area contributed by atoms with Crippen LogP contribution in [0.25, 0.3) is 6.08 Å². The number of aromatic hydroxyl groups is 1. The maximum absolute atomic E-state index is 12.4. The first kappa shape index (κ1) is 16.5. The summed E-state index contributed by atoms with van der Waals surface area (Å²) in [6, 6.07) is 3.79. The molecule has 1 fully saturated rings. The van der Waals surface area contributed by atoms with Crippen molar-refractivity contribution in [1.29, 1.82) is 0 Å². The minimum Gasteiger partial charge on any atom is -0.504 e. The Morgan fingerprint density at radius 1 is 1.30 bits per heavy atom. The average molecular weight is 318 g/mol. The van der Waals surface area contributed by atoms with Crippen molar-refractivity contribution in [1.82, 2.24) is 10.2 Å². The van der Waals surface area contributed by atoms with E-state index in [-0.39, 0.29) is 23.6 Å². The molecule has 1 aromatic rings. The average Bonchev–Trinajstić information content (AvgIpc) is 2.51. The zero-order chi connectivity index (χ0) is 17.0. The van der Waals surface area contributed by atoms with Crippen LogP contribution < -0.4 is 10.1 Å². The van der Waals surface area contributed by atoms with Crippen molar-refractivity contribution in [3.05, 3.63) is 29.3 Å². The van der Waals surface area contributed by atoms with E-state index in [0.29, 0.717) is 12.0 Å². The van der Waals surface area contributed by atoms with Crippen LogP contribution in [0.3, 0.4) is 0 Å². The van der Waals surface area contributed by atoms with E-state index in [1.165, 1.54) is 25.3 Å². The molecule has 7 heteroatoms. The van der Waals surface area contributed by atoms with Crippen LogP contribution in [0.2, 0.25) is 0 Å². The van der Waals surface area contributed by atoms with Gasteiger partial charge in [0.05, 0.1) is 7.11 Å². The molecule has 0 radical (unpaired) electrons. The lowest BCUT2D eigenvalue weighted by molar-refractivity contribution is -0.130. The summed E-state index contributed by atoms with van der Waals surface area (Å²) < 4.78 is 4.94. The number of amides is 4. The molecular weight excluding hydrogens is 300 g/mol. The number of ether oxygens (including phenoxy) is 1. The Morgan fingerprint density at radius 2 is 2.04 bits per heavy atom. The first-order valence-corrected chi connectivity index (χ1v) is 7.23. The highest BCUT2D eigenvalue weighted by Crippen LogP contribution is 2.27. The largest absolute Gasteiger partial charge is 0.504 e. The van der Waals surface area contributed by atoms with Crippen LogP contribution >= 0.6 is 0 Å². The zero-order valence-electron chi connectivity index (χ0n) is 13.0. The number of unbranched alkanes of at least 4 members (excludes halogenated alkanes) is 1. The first-order chi connectivity index (χ1) is 11.0. The van der Waals surface area contributed by atoms with Crippen molar-refractivity contribution >= 4 is 23.9 Å². The molecule has 0 unspecified atom stereocenters. The van der Waals surface area contributed by atoms with Gasteiger partial charge in [-0.25, -0.2) is 4.79 Å². The number of urea groups is 1. The molecule has 0 bridgehead atoms. The summed E-state index contributed by atoms with van der Waals surface area (Å²) in [5, 5.41) is 11.9. The molecule has 0 aliphatic carbocycles. The molecule has 1 saturated heterocycles. The molecule has 0 spiro atoms. The number of rotatable bonds is 5. The van der Waals surface area contributed by atoms with E-state index in [1.54, 1.807) is 6.07 Å². The smallest absolute Gasteiger partial charge is 0.331 e. The summed E-state index contributed by atoms with van der Waals surface area (Å²) in [5.74, 6) is -1.21. The van der Waals surface area contributed by atoms with Gasteiger partial charge in [0.15, 0.2) is 11.5 Å². The lowest BCUT2D eigenvalue weighted by Gasteiger charge is -2.26. The number of nitrogens with zero attached hydrogens (tertiary/aromatic N) is 1. The van der Waals surface area contributed by atoms with Gasteiger partial charge in [-0.05, 0) is 30.2 Å². The van der Waals surface area contributed by atoms with Gasteiger partial charge in [-0.2, -0.15) is 0 Å². The molecule has 2 rings (SSSR count). The number of nitrogens with one attached hydrogen (secondary N) is 1. The Labute approximate surface area is 133 Å².